The maximum absolute atomic E-state index is 3.92. The molecule has 94 valence electrons. The third-order valence-electron chi connectivity index (χ3n) is 4.79. The van der Waals surface area contributed by atoms with Crippen molar-refractivity contribution < 1.29 is 0 Å². The maximum atomic E-state index is 3.92. The predicted molar refractivity (Wildman–Crippen MR) is 74.0 cm³/mol. The van der Waals surface area contributed by atoms with Crippen LogP contribution in [0.5, 0.6) is 0 Å². The summed E-state index contributed by atoms with van der Waals surface area (Å²) in [5, 5.41) is 4.85. The van der Waals surface area contributed by atoms with Crippen LogP contribution in [0.1, 0.15) is 52.4 Å². The lowest BCUT2D eigenvalue weighted by Crippen LogP contribution is -2.41. The average molecular weight is 241 g/mol. The zero-order valence-corrected chi connectivity index (χ0v) is 11.9. The lowest BCUT2D eigenvalue weighted by Gasteiger charge is -2.34. The van der Waals surface area contributed by atoms with Crippen molar-refractivity contribution in [2.75, 3.05) is 6.26 Å². The molecular weight excluding hydrogens is 214 g/mol. The second kappa shape index (κ2) is 5.77. The molecule has 0 amide bonds. The molecule has 0 bridgehead atoms. The van der Waals surface area contributed by atoms with Crippen LogP contribution in [-0.2, 0) is 0 Å². The number of hydrogen-bond donors (Lipinski definition) is 1. The van der Waals surface area contributed by atoms with Crippen LogP contribution < -0.4 is 5.32 Å². The van der Waals surface area contributed by atoms with Gasteiger partial charge < -0.3 is 5.32 Å². The van der Waals surface area contributed by atoms with Crippen LogP contribution in [-0.4, -0.2) is 23.6 Å². The fourth-order valence-corrected chi connectivity index (χ4v) is 4.13. The third kappa shape index (κ3) is 3.16. The van der Waals surface area contributed by atoms with E-state index in [4.69, 9.17) is 0 Å². The highest BCUT2D eigenvalue weighted by atomic mass is 32.2. The van der Waals surface area contributed by atoms with Crippen molar-refractivity contribution in [2.45, 2.75) is 69.7 Å². The zero-order chi connectivity index (χ0) is 11.5. The van der Waals surface area contributed by atoms with Crippen molar-refractivity contribution in [3.63, 3.8) is 0 Å². The smallest absolute Gasteiger partial charge is 0.00805 e. The van der Waals surface area contributed by atoms with Gasteiger partial charge in [0, 0.05) is 17.3 Å². The predicted octanol–water partition coefficient (Wildman–Crippen LogP) is 3.68. The Labute approximate surface area is 105 Å². The summed E-state index contributed by atoms with van der Waals surface area (Å²) >= 11 is 2.06. The maximum Gasteiger partial charge on any atom is 0.00805 e. The van der Waals surface area contributed by atoms with Crippen LogP contribution in [0.25, 0.3) is 0 Å². The molecular formula is C14H27NS. The monoisotopic (exact) mass is 241 g/mol. The Hall–Kier alpha value is 0.310. The van der Waals surface area contributed by atoms with Gasteiger partial charge in [0.15, 0.2) is 0 Å². The lowest BCUT2D eigenvalue weighted by molar-refractivity contribution is 0.215. The minimum Gasteiger partial charge on any atom is -0.311 e. The van der Waals surface area contributed by atoms with Gasteiger partial charge in [0.25, 0.3) is 0 Å². The summed E-state index contributed by atoms with van der Waals surface area (Å²) in [6.45, 7) is 4.85. The van der Waals surface area contributed by atoms with E-state index in [0.29, 0.717) is 0 Å². The molecule has 5 atom stereocenters. The first kappa shape index (κ1) is 12.8. The van der Waals surface area contributed by atoms with Gasteiger partial charge >= 0.3 is 0 Å². The molecule has 0 spiro atoms. The molecule has 0 radical (unpaired) electrons. The molecule has 1 N–H and O–H groups in total. The number of thioether (sulfide) groups is 1. The van der Waals surface area contributed by atoms with Gasteiger partial charge in [-0.1, -0.05) is 13.8 Å². The van der Waals surface area contributed by atoms with Crippen LogP contribution in [0.15, 0.2) is 0 Å². The number of rotatable bonds is 3. The molecule has 2 aliphatic carbocycles. The first-order valence-electron chi connectivity index (χ1n) is 6.98. The Kier molecular flexibility index (Phi) is 4.60. The van der Waals surface area contributed by atoms with E-state index in [1.165, 1.54) is 38.5 Å². The summed E-state index contributed by atoms with van der Waals surface area (Å²) in [7, 11) is 0. The fraction of sp³-hybridized carbons (Fsp3) is 1.00. The molecule has 0 saturated heterocycles. The van der Waals surface area contributed by atoms with Gasteiger partial charge in [-0.15, -0.1) is 0 Å². The first-order valence-corrected chi connectivity index (χ1v) is 8.26. The molecule has 2 fully saturated rings. The van der Waals surface area contributed by atoms with Gasteiger partial charge in [0.1, 0.15) is 0 Å². The highest BCUT2D eigenvalue weighted by Gasteiger charge is 2.29. The van der Waals surface area contributed by atoms with E-state index < -0.39 is 0 Å². The van der Waals surface area contributed by atoms with Crippen molar-refractivity contribution in [3.05, 3.63) is 0 Å². The molecule has 2 rings (SSSR count). The van der Waals surface area contributed by atoms with Gasteiger partial charge in [0.2, 0.25) is 0 Å². The van der Waals surface area contributed by atoms with Crippen LogP contribution in [0.2, 0.25) is 0 Å². The molecule has 16 heavy (non-hydrogen) atoms. The van der Waals surface area contributed by atoms with Crippen LogP contribution in [0, 0.1) is 11.8 Å². The first-order chi connectivity index (χ1) is 7.69. The molecule has 0 aliphatic heterocycles. The summed E-state index contributed by atoms with van der Waals surface area (Å²) in [5.74, 6) is 1.87. The van der Waals surface area contributed by atoms with Crippen LogP contribution >= 0.6 is 11.8 Å². The highest BCUT2D eigenvalue weighted by molar-refractivity contribution is 7.99. The van der Waals surface area contributed by atoms with E-state index >= 15 is 0 Å². The van der Waals surface area contributed by atoms with E-state index in [0.717, 1.165) is 29.2 Å². The molecule has 2 saturated carbocycles. The molecule has 0 heterocycles. The van der Waals surface area contributed by atoms with Gasteiger partial charge in [-0.05, 0) is 56.6 Å². The van der Waals surface area contributed by atoms with Crippen molar-refractivity contribution in [1.29, 1.82) is 0 Å². The Balaban J connectivity index is 1.74. The van der Waals surface area contributed by atoms with E-state index in [9.17, 15) is 0 Å². The highest BCUT2D eigenvalue weighted by Crippen LogP contribution is 2.32. The van der Waals surface area contributed by atoms with Gasteiger partial charge in [-0.3, -0.25) is 0 Å². The second-order valence-corrected chi connectivity index (χ2v) is 7.14. The molecule has 0 aromatic carbocycles. The molecule has 0 aromatic heterocycles. The summed E-state index contributed by atoms with van der Waals surface area (Å²) in [4.78, 5) is 0. The number of hydrogen-bond acceptors (Lipinski definition) is 2. The lowest BCUT2D eigenvalue weighted by atomic mass is 9.79. The quantitative estimate of drug-likeness (QED) is 0.809. The Morgan fingerprint density at radius 1 is 0.875 bits per heavy atom. The summed E-state index contributed by atoms with van der Waals surface area (Å²) in [6.07, 6.45) is 10.7. The Morgan fingerprint density at radius 2 is 1.56 bits per heavy atom. The largest absolute Gasteiger partial charge is 0.311 e. The minimum absolute atomic E-state index is 0.816. The normalized spacial score (nSPS) is 44.8. The molecule has 0 aromatic rings. The minimum atomic E-state index is 0.816. The van der Waals surface area contributed by atoms with Gasteiger partial charge in [-0.25, -0.2) is 0 Å². The topological polar surface area (TPSA) is 12.0 Å². The molecule has 1 nitrogen and oxygen atoms in total. The second-order valence-electron chi connectivity index (χ2n) is 6.00. The van der Waals surface area contributed by atoms with Crippen molar-refractivity contribution in [2.24, 2.45) is 11.8 Å². The van der Waals surface area contributed by atoms with E-state index in [-0.39, 0.29) is 0 Å². The standard InChI is InChI=1S/C14H27NS/c1-10-4-5-12(8-11(10)2)15-13-6-7-14(9-13)16-3/h10-15H,4-9H2,1-3H3. The van der Waals surface area contributed by atoms with Gasteiger partial charge in [-0.2, -0.15) is 11.8 Å². The molecule has 2 heteroatoms. The van der Waals surface area contributed by atoms with Crippen LogP contribution in [0.3, 0.4) is 0 Å². The SMILES string of the molecule is CSC1CCC(NC2CCC(C)C(C)C2)C1. The van der Waals surface area contributed by atoms with Gasteiger partial charge in [0.05, 0.1) is 0 Å². The third-order valence-corrected chi connectivity index (χ3v) is 5.88. The van der Waals surface area contributed by atoms with E-state index in [1.54, 1.807) is 0 Å². The fourth-order valence-electron chi connectivity index (χ4n) is 3.34. The molecule has 5 unspecified atom stereocenters. The summed E-state index contributed by atoms with van der Waals surface area (Å²) in [6, 6.07) is 1.64. The zero-order valence-electron chi connectivity index (χ0n) is 11.0. The Bertz CT molecular complexity index is 219. The summed E-state index contributed by atoms with van der Waals surface area (Å²) in [5.41, 5.74) is 0. The van der Waals surface area contributed by atoms with Crippen molar-refractivity contribution in [1.82, 2.24) is 5.32 Å². The number of nitrogens with one attached hydrogen (secondary N) is 1. The average Bonchev–Trinajstić information content (AvgIpc) is 2.71. The van der Waals surface area contributed by atoms with Crippen LogP contribution in [0.4, 0.5) is 0 Å². The molecule has 2 aliphatic rings. The Morgan fingerprint density at radius 3 is 2.19 bits per heavy atom. The summed E-state index contributed by atoms with van der Waals surface area (Å²) < 4.78 is 0. The van der Waals surface area contributed by atoms with E-state index in [1.807, 2.05) is 0 Å². The van der Waals surface area contributed by atoms with E-state index in [2.05, 4.69) is 37.2 Å². The van der Waals surface area contributed by atoms with Crippen molar-refractivity contribution in [3.8, 4) is 0 Å². The van der Waals surface area contributed by atoms with Crippen molar-refractivity contribution >= 4 is 11.8 Å².